The third-order valence-electron chi connectivity index (χ3n) is 3.34. The number of amides is 1. The monoisotopic (exact) mass is 281 g/mol. The van der Waals surface area contributed by atoms with Gasteiger partial charge in [-0.2, -0.15) is 5.10 Å². The first-order valence-corrected chi connectivity index (χ1v) is 6.61. The first kappa shape index (κ1) is 13.2. The molecule has 1 aromatic heterocycles. The minimum Gasteiger partial charge on any atom is -0.496 e. The normalized spacial score (nSPS) is 10.5. The molecular formula is C16H15N3O2. The van der Waals surface area contributed by atoms with Crippen molar-refractivity contribution in [3.63, 3.8) is 0 Å². The first-order valence-electron chi connectivity index (χ1n) is 6.61. The number of hydrogen-bond donors (Lipinski definition) is 2. The van der Waals surface area contributed by atoms with Crippen LogP contribution in [0.1, 0.15) is 15.9 Å². The van der Waals surface area contributed by atoms with Crippen LogP contribution >= 0.6 is 0 Å². The molecule has 0 aliphatic carbocycles. The number of fused-ring (bicyclic) bond motifs is 1. The Morgan fingerprint density at radius 1 is 1.29 bits per heavy atom. The van der Waals surface area contributed by atoms with Crippen LogP contribution in [0.3, 0.4) is 0 Å². The largest absolute Gasteiger partial charge is 0.496 e. The second kappa shape index (κ2) is 5.66. The summed E-state index contributed by atoms with van der Waals surface area (Å²) in [6.07, 6.45) is 1.73. The molecule has 5 nitrogen and oxygen atoms in total. The molecule has 0 unspecified atom stereocenters. The van der Waals surface area contributed by atoms with Crippen LogP contribution in [-0.4, -0.2) is 23.2 Å². The molecule has 1 amide bonds. The molecule has 0 radical (unpaired) electrons. The molecule has 2 N–H and O–H groups in total. The molecular weight excluding hydrogens is 266 g/mol. The summed E-state index contributed by atoms with van der Waals surface area (Å²) in [5, 5.41) is 10.7. The lowest BCUT2D eigenvalue weighted by Gasteiger charge is -2.09. The van der Waals surface area contributed by atoms with Crippen molar-refractivity contribution in [3.05, 3.63) is 59.8 Å². The summed E-state index contributed by atoms with van der Waals surface area (Å²) < 4.78 is 5.27. The van der Waals surface area contributed by atoms with Crippen molar-refractivity contribution in [1.29, 1.82) is 0 Å². The van der Waals surface area contributed by atoms with Crippen LogP contribution in [0.2, 0.25) is 0 Å². The van der Waals surface area contributed by atoms with Gasteiger partial charge in [-0.15, -0.1) is 0 Å². The second-order valence-electron chi connectivity index (χ2n) is 4.67. The van der Waals surface area contributed by atoms with E-state index in [0.29, 0.717) is 12.1 Å². The van der Waals surface area contributed by atoms with Crippen molar-refractivity contribution in [1.82, 2.24) is 15.5 Å². The van der Waals surface area contributed by atoms with Crippen molar-refractivity contribution < 1.29 is 9.53 Å². The Morgan fingerprint density at radius 2 is 2.14 bits per heavy atom. The topological polar surface area (TPSA) is 67.0 Å². The van der Waals surface area contributed by atoms with E-state index in [0.717, 1.165) is 22.2 Å². The highest BCUT2D eigenvalue weighted by Gasteiger charge is 2.08. The van der Waals surface area contributed by atoms with Gasteiger partial charge >= 0.3 is 0 Å². The van der Waals surface area contributed by atoms with E-state index < -0.39 is 0 Å². The lowest BCUT2D eigenvalue weighted by molar-refractivity contribution is 0.0951. The van der Waals surface area contributed by atoms with Gasteiger partial charge in [0.25, 0.3) is 5.91 Å². The molecule has 0 saturated carbocycles. The molecule has 0 aliphatic rings. The van der Waals surface area contributed by atoms with Crippen LogP contribution in [0.15, 0.2) is 48.7 Å². The van der Waals surface area contributed by atoms with Gasteiger partial charge in [-0.25, -0.2) is 0 Å². The minimum atomic E-state index is -0.127. The number of carbonyl (C=O) groups excluding carboxylic acids is 1. The summed E-state index contributed by atoms with van der Waals surface area (Å²) in [7, 11) is 1.62. The van der Waals surface area contributed by atoms with Gasteiger partial charge in [0.1, 0.15) is 5.75 Å². The molecule has 0 saturated heterocycles. The Morgan fingerprint density at radius 3 is 3.00 bits per heavy atom. The predicted octanol–water partition coefficient (Wildman–Crippen LogP) is 2.50. The number of H-pyrrole nitrogens is 1. The SMILES string of the molecule is COc1ccccc1CNC(=O)c1ccc2cn[nH]c2c1. The number of methoxy groups -OCH3 is 1. The molecule has 2 aromatic carbocycles. The maximum absolute atomic E-state index is 12.2. The molecule has 0 bridgehead atoms. The minimum absolute atomic E-state index is 0.127. The lowest BCUT2D eigenvalue weighted by Crippen LogP contribution is -2.23. The highest BCUT2D eigenvalue weighted by Crippen LogP contribution is 2.17. The van der Waals surface area contributed by atoms with E-state index in [1.807, 2.05) is 30.3 Å². The molecule has 0 fully saturated rings. The van der Waals surface area contributed by atoms with Crippen LogP contribution < -0.4 is 10.1 Å². The van der Waals surface area contributed by atoms with Crippen molar-refractivity contribution in [2.45, 2.75) is 6.54 Å². The van der Waals surface area contributed by atoms with E-state index in [2.05, 4.69) is 15.5 Å². The Bertz CT molecular complexity index is 780. The predicted molar refractivity (Wildman–Crippen MR) is 80.3 cm³/mol. The van der Waals surface area contributed by atoms with Crippen molar-refractivity contribution >= 4 is 16.8 Å². The highest BCUT2D eigenvalue weighted by atomic mass is 16.5. The van der Waals surface area contributed by atoms with Gasteiger partial charge in [-0.1, -0.05) is 24.3 Å². The summed E-state index contributed by atoms with van der Waals surface area (Å²) >= 11 is 0. The fourth-order valence-electron chi connectivity index (χ4n) is 2.20. The molecule has 3 aromatic rings. The summed E-state index contributed by atoms with van der Waals surface area (Å²) in [6.45, 7) is 0.420. The smallest absolute Gasteiger partial charge is 0.251 e. The fraction of sp³-hybridized carbons (Fsp3) is 0.125. The zero-order chi connectivity index (χ0) is 14.7. The summed E-state index contributed by atoms with van der Waals surface area (Å²) in [4.78, 5) is 12.2. The number of para-hydroxylation sites is 1. The van der Waals surface area contributed by atoms with Crippen LogP contribution in [0.25, 0.3) is 10.9 Å². The van der Waals surface area contributed by atoms with Crippen LogP contribution in [0, 0.1) is 0 Å². The molecule has 1 heterocycles. The number of carbonyl (C=O) groups is 1. The number of aromatic amines is 1. The molecule has 106 valence electrons. The fourth-order valence-corrected chi connectivity index (χ4v) is 2.20. The molecule has 0 aliphatic heterocycles. The Labute approximate surface area is 121 Å². The summed E-state index contributed by atoms with van der Waals surface area (Å²) in [6, 6.07) is 13.1. The van der Waals surface area contributed by atoms with Crippen LogP contribution in [0.5, 0.6) is 5.75 Å². The van der Waals surface area contributed by atoms with Crippen LogP contribution in [-0.2, 0) is 6.54 Å². The number of ether oxygens (including phenoxy) is 1. The summed E-state index contributed by atoms with van der Waals surface area (Å²) in [5.74, 6) is 0.638. The zero-order valence-electron chi connectivity index (χ0n) is 11.6. The van der Waals surface area contributed by atoms with Gasteiger partial charge < -0.3 is 10.1 Å². The van der Waals surface area contributed by atoms with E-state index in [4.69, 9.17) is 4.74 Å². The number of benzene rings is 2. The van der Waals surface area contributed by atoms with Crippen molar-refractivity contribution in [3.8, 4) is 5.75 Å². The van der Waals surface area contributed by atoms with Gasteiger partial charge in [0, 0.05) is 23.1 Å². The first-order chi connectivity index (χ1) is 10.3. The third kappa shape index (κ3) is 2.72. The standard InChI is InChI=1S/C16H15N3O2/c1-21-15-5-3-2-4-13(15)9-17-16(20)11-6-7-12-10-18-19-14(12)8-11/h2-8,10H,9H2,1H3,(H,17,20)(H,18,19). The van der Waals surface area contributed by atoms with Gasteiger partial charge in [0.05, 0.1) is 18.8 Å². The maximum atomic E-state index is 12.2. The quantitative estimate of drug-likeness (QED) is 0.772. The Hall–Kier alpha value is -2.82. The van der Waals surface area contributed by atoms with E-state index in [1.165, 1.54) is 0 Å². The molecule has 21 heavy (non-hydrogen) atoms. The Balaban J connectivity index is 1.74. The Kier molecular flexibility index (Phi) is 3.55. The second-order valence-corrected chi connectivity index (χ2v) is 4.67. The molecule has 3 rings (SSSR count). The van der Waals surface area contributed by atoms with Crippen molar-refractivity contribution in [2.75, 3.05) is 7.11 Å². The molecule has 0 atom stereocenters. The average Bonchev–Trinajstić information content (AvgIpc) is 3.00. The van der Waals surface area contributed by atoms with Crippen LogP contribution in [0.4, 0.5) is 0 Å². The molecule has 5 heteroatoms. The summed E-state index contributed by atoms with van der Waals surface area (Å²) in [5.41, 5.74) is 2.39. The number of nitrogens with one attached hydrogen (secondary N) is 2. The van der Waals surface area contributed by atoms with E-state index in [1.54, 1.807) is 25.4 Å². The number of rotatable bonds is 4. The molecule has 0 spiro atoms. The highest BCUT2D eigenvalue weighted by molar-refractivity contribution is 5.97. The number of nitrogens with zero attached hydrogens (tertiary/aromatic N) is 1. The van der Waals surface area contributed by atoms with Gasteiger partial charge in [-0.05, 0) is 18.2 Å². The van der Waals surface area contributed by atoms with Gasteiger partial charge in [0.15, 0.2) is 0 Å². The number of aromatic nitrogens is 2. The zero-order valence-corrected chi connectivity index (χ0v) is 11.6. The van der Waals surface area contributed by atoms with Gasteiger partial charge in [-0.3, -0.25) is 9.89 Å². The number of hydrogen-bond acceptors (Lipinski definition) is 3. The third-order valence-corrected chi connectivity index (χ3v) is 3.34. The van der Waals surface area contributed by atoms with E-state index in [9.17, 15) is 4.79 Å². The average molecular weight is 281 g/mol. The lowest BCUT2D eigenvalue weighted by atomic mass is 10.1. The van der Waals surface area contributed by atoms with Crippen molar-refractivity contribution in [2.24, 2.45) is 0 Å². The van der Waals surface area contributed by atoms with E-state index in [-0.39, 0.29) is 5.91 Å². The van der Waals surface area contributed by atoms with E-state index >= 15 is 0 Å². The maximum Gasteiger partial charge on any atom is 0.251 e. The van der Waals surface area contributed by atoms with Gasteiger partial charge in [0.2, 0.25) is 0 Å².